The minimum atomic E-state index is 0.696. The van der Waals surface area contributed by atoms with Crippen LogP contribution >= 0.6 is 0 Å². The van der Waals surface area contributed by atoms with Gasteiger partial charge in [0.1, 0.15) is 0 Å². The van der Waals surface area contributed by atoms with Crippen LogP contribution in [0.25, 0.3) is 5.57 Å². The van der Waals surface area contributed by atoms with Crippen LogP contribution in [0.2, 0.25) is 0 Å². The van der Waals surface area contributed by atoms with E-state index in [0.29, 0.717) is 6.04 Å². The Hall–Kier alpha value is -1.15. The third-order valence-electron chi connectivity index (χ3n) is 3.54. The number of rotatable bonds is 1. The fourth-order valence-corrected chi connectivity index (χ4v) is 2.65. The molecule has 2 unspecified atom stereocenters. The first-order chi connectivity index (χ1) is 7.33. The molecule has 15 heavy (non-hydrogen) atoms. The van der Waals surface area contributed by atoms with Gasteiger partial charge in [-0.15, -0.1) is 0 Å². The van der Waals surface area contributed by atoms with E-state index in [9.17, 15) is 0 Å². The van der Waals surface area contributed by atoms with E-state index in [1.165, 1.54) is 30.5 Å². The first-order valence-corrected chi connectivity index (χ1v) is 5.70. The second-order valence-corrected chi connectivity index (χ2v) is 4.60. The predicted octanol–water partition coefficient (Wildman–Crippen LogP) is 2.16. The van der Waals surface area contributed by atoms with Gasteiger partial charge in [-0.3, -0.25) is 4.98 Å². The van der Waals surface area contributed by atoms with Crippen LogP contribution in [0, 0.1) is 12.8 Å². The van der Waals surface area contributed by atoms with Gasteiger partial charge >= 0.3 is 0 Å². The Morgan fingerprint density at radius 1 is 1.40 bits per heavy atom. The van der Waals surface area contributed by atoms with Crippen molar-refractivity contribution in [3.63, 3.8) is 0 Å². The molecule has 0 radical (unpaired) electrons. The van der Waals surface area contributed by atoms with Gasteiger partial charge in [0.15, 0.2) is 0 Å². The molecule has 0 amide bonds. The van der Waals surface area contributed by atoms with Crippen molar-refractivity contribution >= 4 is 5.57 Å². The van der Waals surface area contributed by atoms with E-state index in [-0.39, 0.29) is 0 Å². The molecule has 1 aromatic rings. The largest absolute Gasteiger partial charge is 0.313 e. The molecule has 0 aromatic carbocycles. The highest BCUT2D eigenvalue weighted by atomic mass is 15.0. The zero-order chi connectivity index (χ0) is 10.3. The molecular formula is C13H16N2. The van der Waals surface area contributed by atoms with Crippen molar-refractivity contribution in [2.24, 2.45) is 5.92 Å². The first-order valence-electron chi connectivity index (χ1n) is 5.70. The van der Waals surface area contributed by atoms with E-state index in [2.05, 4.69) is 28.5 Å². The standard InChI is InChI=1S/C13H16N2/c1-9-2-3-11(8-15-9)12-6-10-4-5-14-13(10)7-12/h2-3,6,8,10,13-14H,4-5,7H2,1H3. The number of aromatic nitrogens is 1. The molecule has 2 nitrogen and oxygen atoms in total. The minimum Gasteiger partial charge on any atom is -0.313 e. The van der Waals surface area contributed by atoms with Crippen LogP contribution in [0.4, 0.5) is 0 Å². The van der Waals surface area contributed by atoms with Gasteiger partial charge in [-0.1, -0.05) is 12.1 Å². The smallest absolute Gasteiger partial charge is 0.0373 e. The summed E-state index contributed by atoms with van der Waals surface area (Å²) in [4.78, 5) is 4.36. The SMILES string of the molecule is Cc1ccc(C2=CC3CCNC3C2)cn1. The third kappa shape index (κ3) is 1.59. The van der Waals surface area contributed by atoms with Gasteiger partial charge < -0.3 is 5.32 Å². The Balaban J connectivity index is 1.87. The molecule has 2 atom stereocenters. The quantitative estimate of drug-likeness (QED) is 0.751. The highest BCUT2D eigenvalue weighted by Gasteiger charge is 2.31. The summed E-state index contributed by atoms with van der Waals surface area (Å²) in [5.41, 5.74) is 3.87. The van der Waals surface area contributed by atoms with E-state index < -0.39 is 0 Å². The van der Waals surface area contributed by atoms with Crippen molar-refractivity contribution in [2.45, 2.75) is 25.8 Å². The fourth-order valence-electron chi connectivity index (χ4n) is 2.65. The van der Waals surface area contributed by atoms with Crippen LogP contribution in [-0.4, -0.2) is 17.6 Å². The van der Waals surface area contributed by atoms with Gasteiger partial charge in [0.2, 0.25) is 0 Å². The maximum absolute atomic E-state index is 4.36. The molecular weight excluding hydrogens is 184 g/mol. The summed E-state index contributed by atoms with van der Waals surface area (Å²) in [7, 11) is 0. The van der Waals surface area contributed by atoms with Crippen LogP contribution in [0.5, 0.6) is 0 Å². The second kappa shape index (κ2) is 3.46. The number of pyridine rings is 1. The lowest BCUT2D eigenvalue weighted by molar-refractivity contribution is 0.563. The summed E-state index contributed by atoms with van der Waals surface area (Å²) in [6.07, 6.45) is 6.92. The Bertz CT molecular complexity index is 392. The average molecular weight is 200 g/mol. The lowest BCUT2D eigenvalue weighted by atomic mass is 10.1. The summed E-state index contributed by atoms with van der Waals surface area (Å²) in [6.45, 7) is 3.22. The molecule has 1 aliphatic carbocycles. The molecule has 0 saturated carbocycles. The zero-order valence-corrected chi connectivity index (χ0v) is 9.03. The maximum atomic E-state index is 4.36. The first kappa shape index (κ1) is 9.10. The molecule has 1 saturated heterocycles. The number of hydrogen-bond acceptors (Lipinski definition) is 2. The summed E-state index contributed by atoms with van der Waals surface area (Å²) >= 11 is 0. The molecule has 2 aliphatic rings. The highest BCUT2D eigenvalue weighted by molar-refractivity contribution is 5.68. The van der Waals surface area contributed by atoms with Crippen LogP contribution in [0.1, 0.15) is 24.1 Å². The van der Waals surface area contributed by atoms with Crippen molar-refractivity contribution in [1.29, 1.82) is 0 Å². The molecule has 3 rings (SSSR count). The third-order valence-corrected chi connectivity index (χ3v) is 3.54. The highest BCUT2D eigenvalue weighted by Crippen LogP contribution is 2.35. The van der Waals surface area contributed by atoms with Crippen LogP contribution in [0.3, 0.4) is 0 Å². The molecule has 78 valence electrons. The van der Waals surface area contributed by atoms with E-state index in [4.69, 9.17) is 0 Å². The molecule has 1 N–H and O–H groups in total. The van der Waals surface area contributed by atoms with Crippen molar-refractivity contribution in [2.75, 3.05) is 6.54 Å². The average Bonchev–Trinajstić information content (AvgIpc) is 2.78. The summed E-state index contributed by atoms with van der Waals surface area (Å²) in [5, 5.41) is 3.56. The van der Waals surface area contributed by atoms with Gasteiger partial charge in [-0.05, 0) is 49.4 Å². The van der Waals surface area contributed by atoms with Crippen molar-refractivity contribution in [3.8, 4) is 0 Å². The second-order valence-electron chi connectivity index (χ2n) is 4.60. The van der Waals surface area contributed by atoms with Gasteiger partial charge in [0.05, 0.1) is 0 Å². The lowest BCUT2D eigenvalue weighted by Crippen LogP contribution is -2.22. The van der Waals surface area contributed by atoms with Gasteiger partial charge in [-0.25, -0.2) is 0 Å². The molecule has 1 aliphatic heterocycles. The Labute approximate surface area is 90.4 Å². The maximum Gasteiger partial charge on any atom is 0.0373 e. The minimum absolute atomic E-state index is 0.696. The number of aryl methyl sites for hydroxylation is 1. The Kier molecular flexibility index (Phi) is 2.10. The Morgan fingerprint density at radius 2 is 2.33 bits per heavy atom. The number of hydrogen-bond donors (Lipinski definition) is 1. The normalized spacial score (nSPS) is 29.0. The van der Waals surface area contributed by atoms with Crippen LogP contribution in [0.15, 0.2) is 24.4 Å². The predicted molar refractivity (Wildman–Crippen MR) is 61.5 cm³/mol. The molecule has 2 heteroatoms. The van der Waals surface area contributed by atoms with Gasteiger partial charge in [0.25, 0.3) is 0 Å². The molecule has 0 bridgehead atoms. The van der Waals surface area contributed by atoms with Gasteiger partial charge in [-0.2, -0.15) is 0 Å². The molecule has 1 aromatic heterocycles. The van der Waals surface area contributed by atoms with Gasteiger partial charge in [0, 0.05) is 17.9 Å². The number of nitrogens with one attached hydrogen (secondary N) is 1. The molecule has 0 spiro atoms. The number of fused-ring (bicyclic) bond motifs is 1. The molecule has 1 fully saturated rings. The number of nitrogens with zero attached hydrogens (tertiary/aromatic N) is 1. The van der Waals surface area contributed by atoms with E-state index >= 15 is 0 Å². The van der Waals surface area contributed by atoms with E-state index in [1.54, 1.807) is 0 Å². The monoisotopic (exact) mass is 200 g/mol. The van der Waals surface area contributed by atoms with Crippen molar-refractivity contribution in [3.05, 3.63) is 35.7 Å². The van der Waals surface area contributed by atoms with Crippen LogP contribution < -0.4 is 5.32 Å². The Morgan fingerprint density at radius 3 is 3.07 bits per heavy atom. The van der Waals surface area contributed by atoms with Crippen molar-refractivity contribution < 1.29 is 0 Å². The van der Waals surface area contributed by atoms with Crippen LogP contribution in [-0.2, 0) is 0 Å². The van der Waals surface area contributed by atoms with Crippen molar-refractivity contribution in [1.82, 2.24) is 10.3 Å². The summed E-state index contributed by atoms with van der Waals surface area (Å²) < 4.78 is 0. The fraction of sp³-hybridized carbons (Fsp3) is 0.462. The van der Waals surface area contributed by atoms with E-state index in [1.807, 2.05) is 13.1 Å². The summed E-state index contributed by atoms with van der Waals surface area (Å²) in [5.74, 6) is 0.765. The summed E-state index contributed by atoms with van der Waals surface area (Å²) in [6, 6.07) is 4.98. The van der Waals surface area contributed by atoms with E-state index in [0.717, 1.165) is 11.6 Å². The topological polar surface area (TPSA) is 24.9 Å². The lowest BCUT2D eigenvalue weighted by Gasteiger charge is -2.08. The zero-order valence-electron chi connectivity index (χ0n) is 9.03. The molecule has 2 heterocycles.